The molecule has 26 heavy (non-hydrogen) atoms. The molecular weight excluding hydrogens is 460 g/mol. The lowest BCUT2D eigenvalue weighted by Crippen LogP contribution is -2.43. The number of nitrogens with one attached hydrogen (secondary N) is 1. The van der Waals surface area contributed by atoms with E-state index in [4.69, 9.17) is 0 Å². The Kier molecular flexibility index (Phi) is 5.19. The van der Waals surface area contributed by atoms with Crippen molar-refractivity contribution in [2.75, 3.05) is 13.2 Å². The van der Waals surface area contributed by atoms with Gasteiger partial charge in [-0.2, -0.15) is 0 Å². The number of aromatic nitrogens is 1. The van der Waals surface area contributed by atoms with E-state index < -0.39 is 0 Å². The molecule has 0 unspecified atom stereocenters. The lowest BCUT2D eigenvalue weighted by Gasteiger charge is -2.46. The molecule has 6 heteroatoms. The second kappa shape index (κ2) is 7.28. The maximum Gasteiger partial charge on any atom is 0.253 e. The van der Waals surface area contributed by atoms with Crippen molar-refractivity contribution in [3.8, 4) is 0 Å². The third kappa shape index (κ3) is 3.36. The minimum atomic E-state index is -0.0169. The van der Waals surface area contributed by atoms with E-state index in [1.54, 1.807) is 0 Å². The number of aliphatic hydroxyl groups excluding tert-OH is 1. The van der Waals surface area contributed by atoms with Gasteiger partial charge in [0, 0.05) is 33.6 Å². The molecule has 4 nitrogen and oxygen atoms in total. The molecule has 0 spiro atoms. The third-order valence-electron chi connectivity index (χ3n) is 6.36. The summed E-state index contributed by atoms with van der Waals surface area (Å²) in [6.07, 6.45) is 9.59. The van der Waals surface area contributed by atoms with E-state index in [1.807, 2.05) is 22.9 Å². The fraction of sp³-hybridized carbons (Fsp3) is 0.550. The molecule has 3 aliphatic rings. The van der Waals surface area contributed by atoms with Gasteiger partial charge in [0.15, 0.2) is 0 Å². The van der Waals surface area contributed by atoms with Gasteiger partial charge in [-0.3, -0.25) is 4.79 Å². The van der Waals surface area contributed by atoms with Crippen molar-refractivity contribution in [1.29, 1.82) is 0 Å². The first kappa shape index (κ1) is 18.5. The van der Waals surface area contributed by atoms with Crippen LogP contribution in [0.2, 0.25) is 0 Å². The van der Waals surface area contributed by atoms with Gasteiger partial charge in [-0.05, 0) is 62.0 Å². The summed E-state index contributed by atoms with van der Waals surface area (Å²) >= 11 is 7.12. The molecule has 0 atom stereocenters. The first-order chi connectivity index (χ1) is 12.5. The highest BCUT2D eigenvalue weighted by atomic mass is 79.9. The van der Waals surface area contributed by atoms with E-state index in [-0.39, 0.29) is 12.5 Å². The molecule has 1 amide bonds. The van der Waals surface area contributed by atoms with E-state index in [2.05, 4.69) is 37.2 Å². The average molecular weight is 484 g/mol. The van der Waals surface area contributed by atoms with Gasteiger partial charge in [0.25, 0.3) is 5.91 Å². The molecule has 2 aromatic rings. The Morgan fingerprint density at radius 2 is 1.92 bits per heavy atom. The van der Waals surface area contributed by atoms with Crippen molar-refractivity contribution in [3.05, 3.63) is 32.8 Å². The van der Waals surface area contributed by atoms with Gasteiger partial charge in [-0.15, -0.1) is 0 Å². The van der Waals surface area contributed by atoms with Crippen LogP contribution in [0.25, 0.3) is 10.9 Å². The normalized spacial score (nSPS) is 25.0. The fourth-order valence-electron chi connectivity index (χ4n) is 4.78. The van der Waals surface area contributed by atoms with Gasteiger partial charge >= 0.3 is 0 Å². The van der Waals surface area contributed by atoms with Crippen LogP contribution in [-0.4, -0.2) is 28.7 Å². The second-order valence-corrected chi connectivity index (χ2v) is 9.68. The van der Waals surface area contributed by atoms with Crippen molar-refractivity contribution in [2.45, 2.75) is 45.1 Å². The molecule has 140 valence electrons. The van der Waals surface area contributed by atoms with Crippen molar-refractivity contribution < 1.29 is 9.90 Å². The highest BCUT2D eigenvalue weighted by molar-refractivity contribution is 9.11. The summed E-state index contributed by atoms with van der Waals surface area (Å²) in [7, 11) is 0. The Labute approximate surface area is 170 Å². The Morgan fingerprint density at radius 1 is 1.23 bits per heavy atom. The summed E-state index contributed by atoms with van der Waals surface area (Å²) in [4.78, 5) is 13.0. The molecule has 3 fully saturated rings. The number of hydrogen-bond acceptors (Lipinski definition) is 2. The van der Waals surface area contributed by atoms with Gasteiger partial charge in [-0.1, -0.05) is 31.9 Å². The number of benzene rings is 1. The molecule has 5 rings (SSSR count). The van der Waals surface area contributed by atoms with Crippen LogP contribution in [0, 0.1) is 11.3 Å². The maximum atomic E-state index is 13.0. The zero-order chi connectivity index (χ0) is 18.3. The predicted octanol–water partition coefficient (Wildman–Crippen LogP) is 4.86. The van der Waals surface area contributed by atoms with Crippen molar-refractivity contribution >= 4 is 48.7 Å². The minimum absolute atomic E-state index is 0.0169. The van der Waals surface area contributed by atoms with Crippen LogP contribution in [0.5, 0.6) is 0 Å². The Hall–Kier alpha value is -0.850. The zero-order valence-corrected chi connectivity index (χ0v) is 17.9. The third-order valence-corrected chi connectivity index (χ3v) is 7.44. The molecule has 0 saturated heterocycles. The number of carbonyl (C=O) groups excluding carboxylic acids is 1. The summed E-state index contributed by atoms with van der Waals surface area (Å²) in [6.45, 7) is 1.29. The number of carbonyl (C=O) groups is 1. The number of halogens is 2. The lowest BCUT2D eigenvalue weighted by molar-refractivity contribution is 0.0598. The maximum absolute atomic E-state index is 13.0. The minimum Gasteiger partial charge on any atom is -0.395 e. The number of aliphatic hydroxyl groups is 1. The Balaban J connectivity index is 1.60. The topological polar surface area (TPSA) is 54.3 Å². The van der Waals surface area contributed by atoms with Crippen LogP contribution >= 0.6 is 31.9 Å². The number of hydrogen-bond donors (Lipinski definition) is 2. The van der Waals surface area contributed by atoms with Crippen molar-refractivity contribution in [3.63, 3.8) is 0 Å². The van der Waals surface area contributed by atoms with E-state index >= 15 is 0 Å². The molecule has 0 aliphatic heterocycles. The van der Waals surface area contributed by atoms with Crippen LogP contribution in [-0.2, 0) is 6.54 Å². The fourth-order valence-corrected chi connectivity index (χ4v) is 6.19. The summed E-state index contributed by atoms with van der Waals surface area (Å²) < 4.78 is 3.78. The lowest BCUT2D eigenvalue weighted by atomic mass is 9.61. The Morgan fingerprint density at radius 3 is 2.58 bits per heavy atom. The quantitative estimate of drug-likeness (QED) is 0.638. The second-order valence-electron chi connectivity index (χ2n) is 7.91. The zero-order valence-electron chi connectivity index (χ0n) is 14.7. The molecule has 2 N–H and O–H groups in total. The van der Waals surface area contributed by atoms with E-state index in [1.165, 1.54) is 38.5 Å². The summed E-state index contributed by atoms with van der Waals surface area (Å²) in [6, 6.07) is 3.96. The summed E-state index contributed by atoms with van der Waals surface area (Å²) in [5, 5.41) is 13.5. The van der Waals surface area contributed by atoms with E-state index in [0.717, 1.165) is 32.3 Å². The van der Waals surface area contributed by atoms with Gasteiger partial charge in [-0.25, -0.2) is 0 Å². The Bertz CT molecular complexity index is 824. The first-order valence-corrected chi connectivity index (χ1v) is 11.0. The summed E-state index contributed by atoms with van der Waals surface area (Å²) in [5.41, 5.74) is 1.93. The average Bonchev–Trinajstić information content (AvgIpc) is 3.00. The van der Waals surface area contributed by atoms with Crippen LogP contribution in [0.1, 0.15) is 48.9 Å². The number of fused-ring (bicyclic) bond motifs is 4. The predicted molar refractivity (Wildman–Crippen MR) is 110 cm³/mol. The molecular formula is C20H24Br2N2O2. The van der Waals surface area contributed by atoms with Gasteiger partial charge in [0.2, 0.25) is 0 Å². The molecule has 1 aromatic carbocycles. The molecule has 2 bridgehead atoms. The van der Waals surface area contributed by atoms with Crippen molar-refractivity contribution in [1.82, 2.24) is 9.88 Å². The number of nitrogens with zero attached hydrogens (tertiary/aromatic N) is 1. The molecule has 1 heterocycles. The molecule has 3 aliphatic carbocycles. The molecule has 0 radical (unpaired) electrons. The van der Waals surface area contributed by atoms with Crippen LogP contribution in [0.3, 0.4) is 0 Å². The van der Waals surface area contributed by atoms with Gasteiger partial charge in [0.1, 0.15) is 0 Å². The first-order valence-electron chi connectivity index (χ1n) is 9.38. The SMILES string of the molecule is O=C(NCC12CCC(CC1)CC2)c1cn(CCO)c2cc(Br)cc(Br)c12. The highest BCUT2D eigenvalue weighted by Crippen LogP contribution is 2.49. The van der Waals surface area contributed by atoms with Crippen LogP contribution < -0.4 is 5.32 Å². The standard InChI is InChI=1S/C20H24Br2N2O2/c21-14-9-16(22)18-15(11-24(7-8-25)17(18)10-14)19(26)23-12-20-4-1-13(2-5-20)3-6-20/h9-11,13,25H,1-8,12H2,(H,23,26). The highest BCUT2D eigenvalue weighted by Gasteiger charge is 2.40. The van der Waals surface area contributed by atoms with Gasteiger partial charge in [0.05, 0.1) is 17.7 Å². The smallest absolute Gasteiger partial charge is 0.253 e. The van der Waals surface area contributed by atoms with Crippen LogP contribution in [0.15, 0.2) is 27.3 Å². The molecule has 3 saturated carbocycles. The summed E-state index contributed by atoms with van der Waals surface area (Å²) in [5.74, 6) is 0.912. The largest absolute Gasteiger partial charge is 0.395 e. The number of rotatable bonds is 5. The number of amides is 1. The van der Waals surface area contributed by atoms with E-state index in [0.29, 0.717) is 17.5 Å². The van der Waals surface area contributed by atoms with Gasteiger partial charge < -0.3 is 15.0 Å². The molecule has 1 aromatic heterocycles. The van der Waals surface area contributed by atoms with Crippen molar-refractivity contribution in [2.24, 2.45) is 11.3 Å². The van der Waals surface area contributed by atoms with Crippen LogP contribution in [0.4, 0.5) is 0 Å². The van der Waals surface area contributed by atoms with E-state index in [9.17, 15) is 9.90 Å². The monoisotopic (exact) mass is 482 g/mol.